The Morgan fingerprint density at radius 1 is 1.23 bits per heavy atom. The minimum atomic E-state index is -0.548. The van der Waals surface area contributed by atoms with E-state index >= 15 is 0 Å². The molecule has 2 N–H and O–H groups in total. The molecule has 1 amide bonds. The number of carbonyl (C=O) groups is 2. The fourth-order valence-electron chi connectivity index (χ4n) is 3.20. The SMILES string of the molecule is CC1(Cc2cccc(C(=O)NO)c2)Cc2ccccc2C1=O. The number of nitrogens with one attached hydrogen (secondary N) is 1. The Morgan fingerprint density at radius 2 is 2.00 bits per heavy atom. The number of benzene rings is 2. The summed E-state index contributed by atoms with van der Waals surface area (Å²) in [6.07, 6.45) is 1.27. The quantitative estimate of drug-likeness (QED) is 0.676. The highest BCUT2D eigenvalue weighted by Crippen LogP contribution is 2.39. The van der Waals surface area contributed by atoms with Gasteiger partial charge in [0.05, 0.1) is 0 Å². The van der Waals surface area contributed by atoms with Gasteiger partial charge in [-0.2, -0.15) is 0 Å². The van der Waals surface area contributed by atoms with E-state index in [9.17, 15) is 9.59 Å². The highest BCUT2D eigenvalue weighted by Gasteiger charge is 2.41. The summed E-state index contributed by atoms with van der Waals surface area (Å²) in [5.74, 6) is -0.395. The molecule has 0 saturated heterocycles. The van der Waals surface area contributed by atoms with Crippen molar-refractivity contribution in [3.63, 3.8) is 0 Å². The van der Waals surface area contributed by atoms with Crippen molar-refractivity contribution in [2.45, 2.75) is 19.8 Å². The summed E-state index contributed by atoms with van der Waals surface area (Å²) in [6.45, 7) is 1.97. The number of hydroxylamine groups is 1. The Balaban J connectivity index is 1.88. The number of carbonyl (C=O) groups excluding carboxylic acids is 2. The predicted molar refractivity (Wildman–Crippen MR) is 82.0 cm³/mol. The van der Waals surface area contributed by atoms with E-state index in [4.69, 9.17) is 5.21 Å². The molecule has 0 aliphatic heterocycles. The second-order valence-corrected chi connectivity index (χ2v) is 6.04. The van der Waals surface area contributed by atoms with Crippen LogP contribution < -0.4 is 5.48 Å². The van der Waals surface area contributed by atoms with E-state index in [-0.39, 0.29) is 5.78 Å². The molecular formula is C18H17NO3. The van der Waals surface area contributed by atoms with E-state index in [2.05, 4.69) is 0 Å². The number of ketones is 1. The van der Waals surface area contributed by atoms with Crippen molar-refractivity contribution in [2.75, 3.05) is 0 Å². The van der Waals surface area contributed by atoms with Crippen LogP contribution in [0.1, 0.15) is 38.8 Å². The molecule has 22 heavy (non-hydrogen) atoms. The van der Waals surface area contributed by atoms with Crippen LogP contribution in [0.5, 0.6) is 0 Å². The van der Waals surface area contributed by atoms with Crippen molar-refractivity contribution in [1.29, 1.82) is 0 Å². The molecule has 0 heterocycles. The van der Waals surface area contributed by atoms with E-state index in [1.165, 1.54) is 0 Å². The first kappa shape index (κ1) is 14.5. The van der Waals surface area contributed by atoms with Crippen LogP contribution in [0.15, 0.2) is 48.5 Å². The van der Waals surface area contributed by atoms with Crippen LogP contribution in [0.2, 0.25) is 0 Å². The normalized spacial score (nSPS) is 19.8. The van der Waals surface area contributed by atoms with Crippen molar-refractivity contribution in [1.82, 2.24) is 5.48 Å². The molecule has 0 spiro atoms. The van der Waals surface area contributed by atoms with Crippen LogP contribution in [0.25, 0.3) is 0 Å². The van der Waals surface area contributed by atoms with Crippen LogP contribution in [0.4, 0.5) is 0 Å². The zero-order valence-electron chi connectivity index (χ0n) is 12.3. The molecule has 1 atom stereocenters. The molecule has 2 aromatic rings. The van der Waals surface area contributed by atoms with E-state index in [0.717, 1.165) is 16.7 Å². The van der Waals surface area contributed by atoms with Gasteiger partial charge >= 0.3 is 0 Å². The third-order valence-electron chi connectivity index (χ3n) is 4.28. The largest absolute Gasteiger partial charge is 0.294 e. The minimum absolute atomic E-state index is 0.153. The predicted octanol–water partition coefficient (Wildman–Crippen LogP) is 2.79. The molecule has 3 rings (SSSR count). The molecule has 1 aliphatic rings. The lowest BCUT2D eigenvalue weighted by Gasteiger charge is -2.22. The zero-order chi connectivity index (χ0) is 15.7. The number of hydrogen-bond acceptors (Lipinski definition) is 3. The molecule has 112 valence electrons. The standard InChI is InChI=1S/C18H17NO3/c1-18(11-14-6-2-3-8-15(14)16(18)20)10-12-5-4-7-13(9-12)17(21)19-22/h2-9,22H,10-11H2,1H3,(H,19,21). The lowest BCUT2D eigenvalue weighted by atomic mass is 9.80. The van der Waals surface area contributed by atoms with Crippen molar-refractivity contribution in [2.24, 2.45) is 5.41 Å². The van der Waals surface area contributed by atoms with Gasteiger partial charge in [0.2, 0.25) is 0 Å². The maximum Gasteiger partial charge on any atom is 0.274 e. The van der Waals surface area contributed by atoms with Crippen LogP contribution in [0, 0.1) is 5.41 Å². The molecule has 1 aliphatic carbocycles. The summed E-state index contributed by atoms with van der Waals surface area (Å²) in [5, 5.41) is 8.72. The van der Waals surface area contributed by atoms with Crippen molar-refractivity contribution in [3.05, 3.63) is 70.8 Å². The second kappa shape index (κ2) is 5.39. The monoisotopic (exact) mass is 295 g/mol. The molecule has 0 bridgehead atoms. The number of hydrogen-bond donors (Lipinski definition) is 2. The molecule has 4 heteroatoms. The summed E-state index contributed by atoms with van der Waals surface area (Å²) in [4.78, 5) is 24.2. The number of Topliss-reactive ketones (excluding diaryl/α,β-unsaturated/α-hetero) is 1. The van der Waals surface area contributed by atoms with Gasteiger partial charge in [0.15, 0.2) is 5.78 Å². The maximum atomic E-state index is 12.7. The Morgan fingerprint density at radius 3 is 2.73 bits per heavy atom. The van der Waals surface area contributed by atoms with Crippen molar-refractivity contribution in [3.8, 4) is 0 Å². The molecule has 0 saturated carbocycles. The minimum Gasteiger partial charge on any atom is -0.294 e. The summed E-state index contributed by atoms with van der Waals surface area (Å²) in [7, 11) is 0. The maximum absolute atomic E-state index is 12.7. The lowest BCUT2D eigenvalue weighted by molar-refractivity contribution is 0.0706. The van der Waals surface area contributed by atoms with E-state index in [1.54, 1.807) is 23.7 Å². The third kappa shape index (κ3) is 2.42. The lowest BCUT2D eigenvalue weighted by Crippen LogP contribution is -2.27. The van der Waals surface area contributed by atoms with Gasteiger partial charge in [-0.1, -0.05) is 43.3 Å². The Hall–Kier alpha value is -2.46. The average Bonchev–Trinajstić information content (AvgIpc) is 2.78. The summed E-state index contributed by atoms with van der Waals surface area (Å²) < 4.78 is 0. The van der Waals surface area contributed by atoms with Gasteiger partial charge < -0.3 is 0 Å². The van der Waals surface area contributed by atoms with Crippen LogP contribution in [-0.2, 0) is 12.8 Å². The molecule has 0 fully saturated rings. The zero-order valence-corrected chi connectivity index (χ0v) is 12.3. The van der Waals surface area contributed by atoms with Crippen molar-refractivity contribution < 1.29 is 14.8 Å². The van der Waals surface area contributed by atoms with Gasteiger partial charge in [-0.15, -0.1) is 0 Å². The Kier molecular flexibility index (Phi) is 3.54. The van der Waals surface area contributed by atoms with Crippen LogP contribution in [-0.4, -0.2) is 16.9 Å². The van der Waals surface area contributed by atoms with Crippen molar-refractivity contribution >= 4 is 11.7 Å². The number of fused-ring (bicyclic) bond motifs is 1. The van der Waals surface area contributed by atoms with Gasteiger partial charge in [0.1, 0.15) is 0 Å². The fraction of sp³-hybridized carbons (Fsp3) is 0.222. The van der Waals surface area contributed by atoms with Gasteiger partial charge in [-0.25, -0.2) is 5.48 Å². The van der Waals surface area contributed by atoms with Gasteiger partial charge in [0.25, 0.3) is 5.91 Å². The topological polar surface area (TPSA) is 66.4 Å². The summed E-state index contributed by atoms with van der Waals surface area (Å²) in [5.41, 5.74) is 4.31. The first-order valence-corrected chi connectivity index (χ1v) is 7.19. The molecule has 4 nitrogen and oxygen atoms in total. The molecular weight excluding hydrogens is 278 g/mol. The Labute approximate surface area is 128 Å². The molecule has 0 radical (unpaired) electrons. The molecule has 1 unspecified atom stereocenters. The van der Waals surface area contributed by atoms with Gasteiger partial charge in [0, 0.05) is 16.5 Å². The number of amides is 1. The van der Waals surface area contributed by atoms with Gasteiger partial charge in [-0.05, 0) is 36.1 Å². The highest BCUT2D eigenvalue weighted by molar-refractivity contribution is 6.04. The number of rotatable bonds is 3. The van der Waals surface area contributed by atoms with E-state index < -0.39 is 11.3 Å². The summed E-state index contributed by atoms with van der Waals surface area (Å²) >= 11 is 0. The summed E-state index contributed by atoms with van der Waals surface area (Å²) in [6, 6.07) is 14.7. The first-order chi connectivity index (χ1) is 10.5. The van der Waals surface area contributed by atoms with Crippen LogP contribution in [0.3, 0.4) is 0 Å². The molecule has 0 aromatic heterocycles. The van der Waals surface area contributed by atoms with E-state index in [1.807, 2.05) is 37.3 Å². The van der Waals surface area contributed by atoms with E-state index in [0.29, 0.717) is 18.4 Å². The highest BCUT2D eigenvalue weighted by atomic mass is 16.5. The third-order valence-corrected chi connectivity index (χ3v) is 4.28. The second-order valence-electron chi connectivity index (χ2n) is 6.04. The first-order valence-electron chi connectivity index (χ1n) is 7.19. The van der Waals surface area contributed by atoms with Crippen LogP contribution >= 0.6 is 0 Å². The smallest absolute Gasteiger partial charge is 0.274 e. The Bertz CT molecular complexity index is 754. The van der Waals surface area contributed by atoms with Gasteiger partial charge in [-0.3, -0.25) is 14.8 Å². The molecule has 2 aromatic carbocycles. The fourth-order valence-corrected chi connectivity index (χ4v) is 3.20. The average molecular weight is 295 g/mol.